The summed E-state index contributed by atoms with van der Waals surface area (Å²) in [5, 5.41) is 17.9. The second-order valence-electron chi connectivity index (χ2n) is 5.07. The lowest BCUT2D eigenvalue weighted by molar-refractivity contribution is 0.0251. The van der Waals surface area contributed by atoms with Crippen LogP contribution in [-0.2, 0) is 4.74 Å². The lowest BCUT2D eigenvalue weighted by atomic mass is 10.2. The molecule has 0 aliphatic heterocycles. The standard InChI is InChI=1S/C14H32N2O3/c1-5-13(15(3)7-9-17)11-19-12-14(6-2)16(4)8-10-18/h13-14,17-18H,5-12H2,1-4H3. The molecule has 5 nitrogen and oxygen atoms in total. The molecule has 2 unspecified atom stereocenters. The number of aliphatic hydroxyl groups is 2. The van der Waals surface area contributed by atoms with E-state index in [-0.39, 0.29) is 13.2 Å². The van der Waals surface area contributed by atoms with Crippen LogP contribution < -0.4 is 0 Å². The monoisotopic (exact) mass is 276 g/mol. The molecule has 0 aromatic carbocycles. The van der Waals surface area contributed by atoms with E-state index in [0.717, 1.165) is 12.8 Å². The maximum absolute atomic E-state index is 8.95. The molecule has 0 saturated carbocycles. The van der Waals surface area contributed by atoms with E-state index in [4.69, 9.17) is 14.9 Å². The molecule has 0 heterocycles. The Balaban J connectivity index is 4.02. The lowest BCUT2D eigenvalue weighted by Gasteiger charge is -2.29. The fourth-order valence-electron chi connectivity index (χ4n) is 2.13. The zero-order valence-corrected chi connectivity index (χ0v) is 13.0. The Hall–Kier alpha value is -0.200. The first-order chi connectivity index (χ1) is 9.10. The third kappa shape index (κ3) is 7.84. The molecule has 0 rings (SSSR count). The van der Waals surface area contributed by atoms with Gasteiger partial charge >= 0.3 is 0 Å². The van der Waals surface area contributed by atoms with Crippen LogP contribution in [0.25, 0.3) is 0 Å². The summed E-state index contributed by atoms with van der Waals surface area (Å²) < 4.78 is 5.83. The van der Waals surface area contributed by atoms with Crippen LogP contribution in [0.4, 0.5) is 0 Å². The van der Waals surface area contributed by atoms with E-state index < -0.39 is 0 Å². The summed E-state index contributed by atoms with van der Waals surface area (Å²) in [5.41, 5.74) is 0. The minimum atomic E-state index is 0.184. The average Bonchev–Trinajstić information content (AvgIpc) is 2.39. The van der Waals surface area contributed by atoms with Crippen LogP contribution in [0.5, 0.6) is 0 Å². The molecule has 0 spiro atoms. The van der Waals surface area contributed by atoms with Crippen LogP contribution in [0.15, 0.2) is 0 Å². The molecule has 2 N–H and O–H groups in total. The van der Waals surface area contributed by atoms with E-state index in [9.17, 15) is 0 Å². The third-order valence-electron chi connectivity index (χ3n) is 3.72. The number of nitrogens with zero attached hydrogens (tertiary/aromatic N) is 2. The number of likely N-dealkylation sites (N-methyl/N-ethyl adjacent to an activating group) is 2. The molecule has 0 amide bonds. The van der Waals surface area contributed by atoms with Crippen molar-refractivity contribution in [3.05, 3.63) is 0 Å². The fraction of sp³-hybridized carbons (Fsp3) is 1.00. The molecule has 116 valence electrons. The number of hydrogen-bond acceptors (Lipinski definition) is 5. The number of aliphatic hydroxyl groups excluding tert-OH is 2. The van der Waals surface area contributed by atoms with E-state index in [0.29, 0.717) is 38.4 Å². The van der Waals surface area contributed by atoms with Gasteiger partial charge in [0.05, 0.1) is 26.4 Å². The predicted octanol–water partition coefficient (Wildman–Crippen LogP) is 0.408. The lowest BCUT2D eigenvalue weighted by Crippen LogP contribution is -2.40. The summed E-state index contributed by atoms with van der Waals surface area (Å²) in [6.07, 6.45) is 2.03. The van der Waals surface area contributed by atoms with Gasteiger partial charge in [0.2, 0.25) is 0 Å². The summed E-state index contributed by atoms with van der Waals surface area (Å²) in [7, 11) is 4.03. The smallest absolute Gasteiger partial charge is 0.0622 e. The molecule has 0 aliphatic rings. The van der Waals surface area contributed by atoms with Gasteiger partial charge in [0.1, 0.15) is 0 Å². The topological polar surface area (TPSA) is 56.2 Å². The summed E-state index contributed by atoms with van der Waals surface area (Å²) in [6.45, 7) is 7.39. The van der Waals surface area contributed by atoms with Crippen molar-refractivity contribution in [3.8, 4) is 0 Å². The summed E-state index contributed by atoms with van der Waals surface area (Å²) >= 11 is 0. The van der Waals surface area contributed by atoms with E-state index >= 15 is 0 Å². The van der Waals surface area contributed by atoms with Crippen LogP contribution in [0, 0.1) is 0 Å². The maximum Gasteiger partial charge on any atom is 0.0622 e. The van der Waals surface area contributed by atoms with Gasteiger partial charge in [-0.3, -0.25) is 9.80 Å². The second kappa shape index (κ2) is 11.6. The molecular weight excluding hydrogens is 244 g/mol. The van der Waals surface area contributed by atoms with Gasteiger partial charge in [-0.2, -0.15) is 0 Å². The highest BCUT2D eigenvalue weighted by Crippen LogP contribution is 2.06. The molecule has 5 heteroatoms. The second-order valence-corrected chi connectivity index (χ2v) is 5.07. The van der Waals surface area contributed by atoms with Crippen LogP contribution in [-0.4, -0.2) is 85.7 Å². The van der Waals surface area contributed by atoms with Crippen molar-refractivity contribution in [1.82, 2.24) is 9.80 Å². The first-order valence-electron chi connectivity index (χ1n) is 7.30. The van der Waals surface area contributed by atoms with Gasteiger partial charge in [-0.15, -0.1) is 0 Å². The van der Waals surface area contributed by atoms with E-state index in [1.165, 1.54) is 0 Å². The summed E-state index contributed by atoms with van der Waals surface area (Å²) in [4.78, 5) is 4.27. The minimum Gasteiger partial charge on any atom is -0.395 e. The number of rotatable bonds is 12. The Morgan fingerprint density at radius 2 is 1.21 bits per heavy atom. The zero-order valence-electron chi connectivity index (χ0n) is 13.0. The molecular formula is C14H32N2O3. The van der Waals surface area contributed by atoms with Crippen LogP contribution in [0.1, 0.15) is 26.7 Å². The summed E-state index contributed by atoms with van der Waals surface area (Å²) in [5.74, 6) is 0. The van der Waals surface area contributed by atoms with Crippen molar-refractivity contribution in [2.45, 2.75) is 38.8 Å². The van der Waals surface area contributed by atoms with Crippen LogP contribution >= 0.6 is 0 Å². The van der Waals surface area contributed by atoms with E-state index in [2.05, 4.69) is 23.6 Å². The van der Waals surface area contributed by atoms with Gasteiger partial charge in [0, 0.05) is 25.2 Å². The Labute approximate surface area is 118 Å². The maximum atomic E-state index is 8.95. The van der Waals surface area contributed by atoms with Crippen LogP contribution in [0.3, 0.4) is 0 Å². The molecule has 0 aromatic rings. The van der Waals surface area contributed by atoms with E-state index in [1.807, 2.05) is 14.1 Å². The molecule has 2 atom stereocenters. The normalized spacial score (nSPS) is 15.2. The minimum absolute atomic E-state index is 0.184. The zero-order chi connectivity index (χ0) is 14.7. The molecule has 19 heavy (non-hydrogen) atoms. The van der Waals surface area contributed by atoms with E-state index in [1.54, 1.807) is 0 Å². The van der Waals surface area contributed by atoms with Gasteiger partial charge < -0.3 is 14.9 Å². The molecule has 0 aromatic heterocycles. The quantitative estimate of drug-likeness (QED) is 0.541. The van der Waals surface area contributed by atoms with Crippen molar-refractivity contribution >= 4 is 0 Å². The first-order valence-corrected chi connectivity index (χ1v) is 7.30. The number of ether oxygens (including phenoxy) is 1. The third-order valence-corrected chi connectivity index (χ3v) is 3.72. The van der Waals surface area contributed by atoms with Crippen molar-refractivity contribution in [3.63, 3.8) is 0 Å². The van der Waals surface area contributed by atoms with Crippen LogP contribution in [0.2, 0.25) is 0 Å². The Morgan fingerprint density at radius 1 is 0.842 bits per heavy atom. The predicted molar refractivity (Wildman–Crippen MR) is 78.4 cm³/mol. The highest BCUT2D eigenvalue weighted by Gasteiger charge is 2.15. The molecule has 0 bridgehead atoms. The first kappa shape index (κ1) is 18.8. The Bertz CT molecular complexity index is 185. The van der Waals surface area contributed by atoms with Gasteiger partial charge in [-0.25, -0.2) is 0 Å². The van der Waals surface area contributed by atoms with Gasteiger partial charge in [0.15, 0.2) is 0 Å². The van der Waals surface area contributed by atoms with Crippen molar-refractivity contribution in [1.29, 1.82) is 0 Å². The Morgan fingerprint density at radius 3 is 1.47 bits per heavy atom. The SMILES string of the molecule is CCC(COCC(CC)N(C)CCO)N(C)CCO. The number of hydrogen-bond donors (Lipinski definition) is 2. The van der Waals surface area contributed by atoms with Gasteiger partial charge in [-0.1, -0.05) is 13.8 Å². The van der Waals surface area contributed by atoms with Gasteiger partial charge in [0.25, 0.3) is 0 Å². The fourth-order valence-corrected chi connectivity index (χ4v) is 2.13. The van der Waals surface area contributed by atoms with Crippen molar-refractivity contribution in [2.75, 3.05) is 53.6 Å². The van der Waals surface area contributed by atoms with Crippen molar-refractivity contribution < 1.29 is 14.9 Å². The summed E-state index contributed by atoms with van der Waals surface area (Å²) in [6, 6.07) is 0.709. The Kier molecular flexibility index (Phi) is 11.5. The molecule has 0 radical (unpaired) electrons. The molecule has 0 fully saturated rings. The van der Waals surface area contributed by atoms with Crippen molar-refractivity contribution in [2.24, 2.45) is 0 Å². The highest BCUT2D eigenvalue weighted by molar-refractivity contribution is 4.69. The largest absolute Gasteiger partial charge is 0.395 e. The molecule has 0 saturated heterocycles. The highest BCUT2D eigenvalue weighted by atomic mass is 16.5. The van der Waals surface area contributed by atoms with Gasteiger partial charge in [-0.05, 0) is 26.9 Å². The molecule has 0 aliphatic carbocycles. The average molecular weight is 276 g/mol.